The van der Waals surface area contributed by atoms with Crippen molar-refractivity contribution in [3.8, 4) is 0 Å². The van der Waals surface area contributed by atoms with E-state index in [1.807, 2.05) is 38.1 Å². The topological polar surface area (TPSA) is 58.5 Å². The van der Waals surface area contributed by atoms with E-state index in [0.29, 0.717) is 11.3 Å². The second-order valence-electron chi connectivity index (χ2n) is 6.19. The molecule has 0 aliphatic rings. The number of benzene rings is 3. The van der Waals surface area contributed by atoms with Crippen LogP contribution in [0.1, 0.15) is 16.7 Å². The lowest BCUT2D eigenvalue weighted by Crippen LogP contribution is -2.14. The number of anilines is 1. The summed E-state index contributed by atoms with van der Waals surface area (Å²) in [5.74, 6) is 0. The van der Waals surface area contributed by atoms with Gasteiger partial charge in [0.2, 0.25) is 0 Å². The van der Waals surface area contributed by atoms with Gasteiger partial charge >= 0.3 is 0 Å². The number of halogens is 1. The zero-order valence-electron chi connectivity index (χ0n) is 15.0. The maximum atomic E-state index is 12.7. The van der Waals surface area contributed by atoms with Gasteiger partial charge < -0.3 is 0 Å². The predicted molar refractivity (Wildman–Crippen MR) is 120 cm³/mol. The van der Waals surface area contributed by atoms with Crippen molar-refractivity contribution >= 4 is 50.2 Å². The Balaban J connectivity index is 1.90. The van der Waals surface area contributed by atoms with Crippen molar-refractivity contribution in [2.24, 2.45) is 4.99 Å². The average Bonchev–Trinajstić information content (AvgIpc) is 2.62. The summed E-state index contributed by atoms with van der Waals surface area (Å²) in [5, 5.41) is 0. The molecule has 0 bridgehead atoms. The first kappa shape index (κ1) is 19.6. The van der Waals surface area contributed by atoms with E-state index in [1.165, 1.54) is 0 Å². The molecule has 0 saturated heterocycles. The number of nitrogens with one attached hydrogen (secondary N) is 1. The van der Waals surface area contributed by atoms with E-state index in [0.717, 1.165) is 20.4 Å². The molecule has 0 unspecified atom stereocenters. The minimum Gasteiger partial charge on any atom is -0.279 e. The maximum Gasteiger partial charge on any atom is 0.261 e. The molecule has 3 aromatic carbocycles. The van der Waals surface area contributed by atoms with Crippen LogP contribution in [0.2, 0.25) is 0 Å². The largest absolute Gasteiger partial charge is 0.279 e. The Hall–Kier alpha value is -2.19. The van der Waals surface area contributed by atoms with Gasteiger partial charge in [0.25, 0.3) is 10.0 Å². The molecule has 3 aromatic rings. The Morgan fingerprint density at radius 2 is 1.67 bits per heavy atom. The van der Waals surface area contributed by atoms with Crippen LogP contribution < -0.4 is 4.72 Å². The van der Waals surface area contributed by atoms with Gasteiger partial charge in [-0.05, 0) is 78.4 Å². The summed E-state index contributed by atoms with van der Waals surface area (Å²) in [5.41, 5.74) is 4.12. The number of hydrogen-bond acceptors (Lipinski definition) is 3. The van der Waals surface area contributed by atoms with Crippen LogP contribution in [0.3, 0.4) is 0 Å². The SMILES string of the molecule is Cc1ccc(S(=O)(=O)Nc2ccccc2C=Nc2ccc(I)cc2C)cc1. The Morgan fingerprint density at radius 3 is 2.37 bits per heavy atom. The summed E-state index contributed by atoms with van der Waals surface area (Å²) in [6.45, 7) is 3.92. The summed E-state index contributed by atoms with van der Waals surface area (Å²) in [6, 6.07) is 20.0. The molecule has 6 heteroatoms. The van der Waals surface area contributed by atoms with Crippen molar-refractivity contribution in [1.29, 1.82) is 0 Å². The van der Waals surface area contributed by atoms with Crippen molar-refractivity contribution in [1.82, 2.24) is 0 Å². The van der Waals surface area contributed by atoms with Gasteiger partial charge in [-0.15, -0.1) is 0 Å². The van der Waals surface area contributed by atoms with Crippen LogP contribution >= 0.6 is 22.6 Å². The summed E-state index contributed by atoms with van der Waals surface area (Å²) >= 11 is 2.26. The Morgan fingerprint density at radius 1 is 0.963 bits per heavy atom. The lowest BCUT2D eigenvalue weighted by molar-refractivity contribution is 0.601. The highest BCUT2D eigenvalue weighted by atomic mass is 127. The molecule has 1 N–H and O–H groups in total. The highest BCUT2D eigenvalue weighted by Gasteiger charge is 2.15. The minimum absolute atomic E-state index is 0.230. The number of nitrogens with zero attached hydrogens (tertiary/aromatic N) is 1. The van der Waals surface area contributed by atoms with Gasteiger partial charge in [0.15, 0.2) is 0 Å². The zero-order valence-corrected chi connectivity index (χ0v) is 18.0. The van der Waals surface area contributed by atoms with Crippen LogP contribution in [0.15, 0.2) is 76.6 Å². The molecule has 0 atom stereocenters. The quantitative estimate of drug-likeness (QED) is 0.382. The molecule has 0 aromatic heterocycles. The Labute approximate surface area is 173 Å². The number of rotatable bonds is 5. The highest BCUT2D eigenvalue weighted by molar-refractivity contribution is 14.1. The van der Waals surface area contributed by atoms with Crippen molar-refractivity contribution in [2.45, 2.75) is 18.7 Å². The van der Waals surface area contributed by atoms with E-state index in [-0.39, 0.29) is 4.90 Å². The van der Waals surface area contributed by atoms with Crippen LogP contribution in [0.5, 0.6) is 0 Å². The molecular formula is C21H19IN2O2S. The normalized spacial score (nSPS) is 11.7. The van der Waals surface area contributed by atoms with Crippen molar-refractivity contribution in [3.05, 3.63) is 87.0 Å². The lowest BCUT2D eigenvalue weighted by atomic mass is 10.2. The van der Waals surface area contributed by atoms with Gasteiger partial charge in [0, 0.05) is 15.3 Å². The van der Waals surface area contributed by atoms with E-state index in [4.69, 9.17) is 0 Å². The van der Waals surface area contributed by atoms with Gasteiger partial charge in [-0.2, -0.15) is 0 Å². The Bertz CT molecular complexity index is 1090. The smallest absolute Gasteiger partial charge is 0.261 e. The van der Waals surface area contributed by atoms with E-state index >= 15 is 0 Å². The molecule has 0 saturated carbocycles. The third kappa shape index (κ3) is 4.95. The van der Waals surface area contributed by atoms with Gasteiger partial charge in [0.1, 0.15) is 0 Å². The van der Waals surface area contributed by atoms with Crippen LogP contribution in [0.4, 0.5) is 11.4 Å². The molecule has 0 amide bonds. The standard InChI is InChI=1S/C21H19IN2O2S/c1-15-7-10-19(11-8-15)27(25,26)24-21-6-4-3-5-17(21)14-23-20-12-9-18(22)13-16(20)2/h3-14,24H,1-2H3. The van der Waals surface area contributed by atoms with Gasteiger partial charge in [-0.25, -0.2) is 8.42 Å². The molecule has 27 heavy (non-hydrogen) atoms. The molecule has 3 rings (SSSR count). The molecular weight excluding hydrogens is 471 g/mol. The highest BCUT2D eigenvalue weighted by Crippen LogP contribution is 2.23. The van der Waals surface area contributed by atoms with Crippen molar-refractivity contribution in [3.63, 3.8) is 0 Å². The van der Waals surface area contributed by atoms with Crippen LogP contribution in [0.25, 0.3) is 0 Å². The first-order valence-electron chi connectivity index (χ1n) is 8.34. The first-order valence-corrected chi connectivity index (χ1v) is 10.9. The molecule has 0 spiro atoms. The lowest BCUT2D eigenvalue weighted by Gasteiger charge is -2.11. The fourth-order valence-corrected chi connectivity index (χ4v) is 4.26. The van der Waals surface area contributed by atoms with Gasteiger partial charge in [-0.1, -0.05) is 35.9 Å². The van der Waals surface area contributed by atoms with E-state index in [2.05, 4.69) is 38.4 Å². The molecule has 0 heterocycles. The Kier molecular flexibility index (Phi) is 5.96. The molecule has 0 aliphatic carbocycles. The monoisotopic (exact) mass is 490 g/mol. The predicted octanol–water partition coefficient (Wildman–Crippen LogP) is 5.46. The number of hydrogen-bond donors (Lipinski definition) is 1. The number of aryl methyl sites for hydroxylation is 2. The first-order chi connectivity index (χ1) is 12.8. The van der Waals surface area contributed by atoms with Crippen LogP contribution in [0, 0.1) is 17.4 Å². The molecule has 138 valence electrons. The number of aliphatic imine (C=N–C) groups is 1. The van der Waals surface area contributed by atoms with Gasteiger partial charge in [-0.3, -0.25) is 9.71 Å². The fraction of sp³-hybridized carbons (Fsp3) is 0.0952. The van der Waals surface area contributed by atoms with Crippen molar-refractivity contribution in [2.75, 3.05) is 4.72 Å². The fourth-order valence-electron chi connectivity index (χ4n) is 2.53. The second-order valence-corrected chi connectivity index (χ2v) is 9.12. The molecule has 0 radical (unpaired) electrons. The third-order valence-corrected chi connectivity index (χ3v) is 6.09. The van der Waals surface area contributed by atoms with Crippen LogP contribution in [-0.2, 0) is 10.0 Å². The van der Waals surface area contributed by atoms with Gasteiger partial charge in [0.05, 0.1) is 16.3 Å². The second kappa shape index (κ2) is 8.22. The minimum atomic E-state index is -3.66. The van der Waals surface area contributed by atoms with Crippen LogP contribution in [-0.4, -0.2) is 14.6 Å². The maximum absolute atomic E-state index is 12.7. The summed E-state index contributed by atoms with van der Waals surface area (Å²) < 4.78 is 29.2. The summed E-state index contributed by atoms with van der Waals surface area (Å²) in [7, 11) is -3.66. The van der Waals surface area contributed by atoms with E-state index in [9.17, 15) is 8.42 Å². The number of para-hydroxylation sites is 1. The van der Waals surface area contributed by atoms with E-state index < -0.39 is 10.0 Å². The molecule has 4 nitrogen and oxygen atoms in total. The number of sulfonamides is 1. The van der Waals surface area contributed by atoms with Crippen molar-refractivity contribution < 1.29 is 8.42 Å². The third-order valence-electron chi connectivity index (χ3n) is 4.04. The van der Waals surface area contributed by atoms with E-state index in [1.54, 1.807) is 42.6 Å². The zero-order chi connectivity index (χ0) is 19.4. The molecule has 0 fully saturated rings. The summed E-state index contributed by atoms with van der Waals surface area (Å²) in [4.78, 5) is 4.76. The molecule has 0 aliphatic heterocycles. The summed E-state index contributed by atoms with van der Waals surface area (Å²) in [6.07, 6.45) is 1.68. The average molecular weight is 490 g/mol.